The van der Waals surface area contributed by atoms with Crippen LogP contribution in [0.15, 0.2) is 4.52 Å². The minimum atomic E-state index is -0.169. The van der Waals surface area contributed by atoms with E-state index in [4.69, 9.17) is 9.63 Å². The van der Waals surface area contributed by atoms with E-state index < -0.39 is 0 Å². The van der Waals surface area contributed by atoms with Crippen LogP contribution in [0.1, 0.15) is 31.0 Å². The highest BCUT2D eigenvalue weighted by atomic mass is 16.5. The number of aromatic nitrogens is 2. The van der Waals surface area contributed by atoms with E-state index in [0.29, 0.717) is 11.8 Å². The molecule has 0 bridgehead atoms. The predicted molar refractivity (Wildman–Crippen MR) is 49.7 cm³/mol. The lowest BCUT2D eigenvalue weighted by molar-refractivity contribution is 0.222. The van der Waals surface area contributed by atoms with Crippen LogP contribution in [0.2, 0.25) is 0 Å². The lowest BCUT2D eigenvalue weighted by Crippen LogP contribution is -2.19. The van der Waals surface area contributed by atoms with Crippen LogP contribution in [0.5, 0.6) is 0 Å². The summed E-state index contributed by atoms with van der Waals surface area (Å²) in [6, 6.07) is 0. The molecule has 0 aromatic carbocycles. The SMILES string of the molecule is CCN1CCC(c2noc(CO)n2)C1. The van der Waals surface area contributed by atoms with Crippen molar-refractivity contribution in [1.82, 2.24) is 15.0 Å². The third kappa shape index (κ3) is 1.78. The zero-order chi connectivity index (χ0) is 9.97. The highest BCUT2D eigenvalue weighted by Gasteiger charge is 2.26. The first-order chi connectivity index (χ1) is 6.83. The number of likely N-dealkylation sites (tertiary alicyclic amines) is 1. The maximum absolute atomic E-state index is 8.79. The minimum absolute atomic E-state index is 0.169. The Balaban J connectivity index is 2.02. The van der Waals surface area contributed by atoms with Gasteiger partial charge >= 0.3 is 0 Å². The summed E-state index contributed by atoms with van der Waals surface area (Å²) in [4.78, 5) is 6.49. The Morgan fingerprint density at radius 3 is 3.07 bits per heavy atom. The molecule has 78 valence electrons. The summed E-state index contributed by atoms with van der Waals surface area (Å²) in [5.41, 5.74) is 0. The summed E-state index contributed by atoms with van der Waals surface area (Å²) < 4.78 is 4.87. The first-order valence-corrected chi connectivity index (χ1v) is 4.99. The number of nitrogens with zero attached hydrogens (tertiary/aromatic N) is 3. The van der Waals surface area contributed by atoms with Gasteiger partial charge in [-0.1, -0.05) is 12.1 Å². The van der Waals surface area contributed by atoms with E-state index in [1.165, 1.54) is 0 Å². The first kappa shape index (κ1) is 9.61. The van der Waals surface area contributed by atoms with Crippen molar-refractivity contribution < 1.29 is 9.63 Å². The van der Waals surface area contributed by atoms with Gasteiger partial charge in [0.15, 0.2) is 5.82 Å². The van der Waals surface area contributed by atoms with Gasteiger partial charge in [-0.25, -0.2) is 0 Å². The van der Waals surface area contributed by atoms with E-state index in [1.54, 1.807) is 0 Å². The highest BCUT2D eigenvalue weighted by Crippen LogP contribution is 2.24. The Morgan fingerprint density at radius 1 is 1.64 bits per heavy atom. The molecule has 0 spiro atoms. The molecule has 5 nitrogen and oxygen atoms in total. The normalized spacial score (nSPS) is 23.1. The second-order valence-electron chi connectivity index (χ2n) is 3.58. The van der Waals surface area contributed by atoms with Crippen LogP contribution in [0.25, 0.3) is 0 Å². The smallest absolute Gasteiger partial charge is 0.252 e. The van der Waals surface area contributed by atoms with Gasteiger partial charge in [0.1, 0.15) is 6.61 Å². The summed E-state index contributed by atoms with van der Waals surface area (Å²) in [6.07, 6.45) is 1.08. The summed E-state index contributed by atoms with van der Waals surface area (Å²) in [7, 11) is 0. The molecule has 1 saturated heterocycles. The van der Waals surface area contributed by atoms with Crippen molar-refractivity contribution in [2.45, 2.75) is 25.9 Å². The Morgan fingerprint density at radius 2 is 2.50 bits per heavy atom. The fourth-order valence-corrected chi connectivity index (χ4v) is 1.83. The maximum Gasteiger partial charge on any atom is 0.252 e. The highest BCUT2D eigenvalue weighted by molar-refractivity contribution is 4.99. The van der Waals surface area contributed by atoms with Gasteiger partial charge in [-0.15, -0.1) is 0 Å². The summed E-state index contributed by atoms with van der Waals surface area (Å²) in [5, 5.41) is 12.7. The molecule has 1 fully saturated rings. The molecule has 1 aliphatic heterocycles. The number of aliphatic hydroxyl groups is 1. The van der Waals surface area contributed by atoms with E-state index in [2.05, 4.69) is 22.0 Å². The Kier molecular flexibility index (Phi) is 2.79. The fourth-order valence-electron chi connectivity index (χ4n) is 1.83. The third-order valence-electron chi connectivity index (χ3n) is 2.70. The average molecular weight is 197 g/mol. The molecular weight excluding hydrogens is 182 g/mol. The molecule has 1 unspecified atom stereocenters. The van der Waals surface area contributed by atoms with Crippen LogP contribution in [-0.4, -0.2) is 39.8 Å². The van der Waals surface area contributed by atoms with Gasteiger partial charge in [0, 0.05) is 12.5 Å². The van der Waals surface area contributed by atoms with Crippen molar-refractivity contribution in [1.29, 1.82) is 0 Å². The molecule has 2 rings (SSSR count). The van der Waals surface area contributed by atoms with Crippen molar-refractivity contribution in [3.05, 3.63) is 11.7 Å². The summed E-state index contributed by atoms with van der Waals surface area (Å²) >= 11 is 0. The second kappa shape index (κ2) is 4.06. The number of rotatable bonds is 3. The van der Waals surface area contributed by atoms with Crippen LogP contribution in [-0.2, 0) is 6.61 Å². The van der Waals surface area contributed by atoms with Crippen LogP contribution in [0.3, 0.4) is 0 Å². The van der Waals surface area contributed by atoms with Crippen LogP contribution in [0.4, 0.5) is 0 Å². The van der Waals surface area contributed by atoms with Crippen LogP contribution >= 0.6 is 0 Å². The van der Waals surface area contributed by atoms with Crippen molar-refractivity contribution in [2.24, 2.45) is 0 Å². The van der Waals surface area contributed by atoms with Gasteiger partial charge < -0.3 is 14.5 Å². The molecule has 0 aliphatic carbocycles. The van der Waals surface area contributed by atoms with Crippen molar-refractivity contribution in [2.75, 3.05) is 19.6 Å². The minimum Gasteiger partial charge on any atom is -0.387 e. The molecule has 14 heavy (non-hydrogen) atoms. The monoisotopic (exact) mass is 197 g/mol. The van der Waals surface area contributed by atoms with Crippen molar-refractivity contribution >= 4 is 0 Å². The van der Waals surface area contributed by atoms with E-state index in [0.717, 1.165) is 31.9 Å². The van der Waals surface area contributed by atoms with Crippen LogP contribution in [0, 0.1) is 0 Å². The lowest BCUT2D eigenvalue weighted by atomic mass is 10.1. The lowest BCUT2D eigenvalue weighted by Gasteiger charge is -2.10. The topological polar surface area (TPSA) is 62.4 Å². The third-order valence-corrected chi connectivity index (χ3v) is 2.70. The second-order valence-corrected chi connectivity index (χ2v) is 3.58. The van der Waals surface area contributed by atoms with Gasteiger partial charge in [-0.2, -0.15) is 4.98 Å². The molecule has 1 aromatic rings. The van der Waals surface area contributed by atoms with Gasteiger partial charge in [-0.05, 0) is 19.5 Å². The van der Waals surface area contributed by atoms with Crippen LogP contribution < -0.4 is 0 Å². The Hall–Kier alpha value is -0.940. The molecule has 1 N–H and O–H groups in total. The van der Waals surface area contributed by atoms with Gasteiger partial charge in [0.2, 0.25) is 0 Å². The Bertz CT molecular complexity index is 300. The number of hydrogen-bond acceptors (Lipinski definition) is 5. The predicted octanol–water partition coefficient (Wildman–Crippen LogP) is 0.371. The molecule has 1 atom stereocenters. The van der Waals surface area contributed by atoms with Gasteiger partial charge in [-0.3, -0.25) is 0 Å². The molecule has 1 aliphatic rings. The zero-order valence-corrected chi connectivity index (χ0v) is 8.31. The molecule has 5 heteroatoms. The zero-order valence-electron chi connectivity index (χ0n) is 8.31. The molecule has 0 saturated carbocycles. The summed E-state index contributed by atoms with van der Waals surface area (Å²) in [5.74, 6) is 1.43. The van der Waals surface area contributed by atoms with E-state index in [1.807, 2.05) is 0 Å². The largest absolute Gasteiger partial charge is 0.387 e. The number of hydrogen-bond donors (Lipinski definition) is 1. The van der Waals surface area contributed by atoms with E-state index in [9.17, 15) is 0 Å². The number of likely N-dealkylation sites (N-methyl/N-ethyl adjacent to an activating group) is 1. The van der Waals surface area contributed by atoms with Crippen molar-refractivity contribution in [3.63, 3.8) is 0 Å². The molecule has 2 heterocycles. The fraction of sp³-hybridized carbons (Fsp3) is 0.778. The number of aliphatic hydroxyl groups excluding tert-OH is 1. The van der Waals surface area contributed by atoms with Gasteiger partial charge in [0.05, 0.1) is 0 Å². The molecule has 0 radical (unpaired) electrons. The van der Waals surface area contributed by atoms with Gasteiger partial charge in [0.25, 0.3) is 5.89 Å². The van der Waals surface area contributed by atoms with E-state index in [-0.39, 0.29) is 6.61 Å². The standard InChI is InChI=1S/C9H15N3O2/c1-2-12-4-3-7(5-12)9-10-8(6-13)14-11-9/h7,13H,2-6H2,1H3. The molecular formula is C9H15N3O2. The van der Waals surface area contributed by atoms with E-state index >= 15 is 0 Å². The van der Waals surface area contributed by atoms with Crippen molar-refractivity contribution in [3.8, 4) is 0 Å². The maximum atomic E-state index is 8.79. The quantitative estimate of drug-likeness (QED) is 0.758. The summed E-state index contributed by atoms with van der Waals surface area (Å²) in [6.45, 7) is 5.15. The Labute approximate surface area is 82.7 Å². The molecule has 1 aromatic heterocycles. The average Bonchev–Trinajstić information content (AvgIpc) is 2.86. The molecule has 0 amide bonds. The first-order valence-electron chi connectivity index (χ1n) is 4.99.